The molecule has 2 fully saturated rings. The molecule has 0 atom stereocenters. The van der Waals surface area contributed by atoms with Crippen LogP contribution in [0.2, 0.25) is 0 Å². The van der Waals surface area contributed by atoms with Crippen molar-refractivity contribution in [3.8, 4) is 0 Å². The van der Waals surface area contributed by atoms with Crippen molar-refractivity contribution < 1.29 is 38.9 Å². The second-order valence-corrected chi connectivity index (χ2v) is 11.9. The van der Waals surface area contributed by atoms with Gasteiger partial charge in [-0.15, -0.1) is 0 Å². The van der Waals surface area contributed by atoms with Crippen LogP contribution >= 0.6 is 0 Å². The van der Waals surface area contributed by atoms with Gasteiger partial charge in [0, 0.05) is 26.2 Å². The Hall–Kier alpha value is -2.52. The maximum atomic E-state index is 11.9. The molecule has 0 aromatic heterocycles. The average Bonchev–Trinajstić information content (AvgIpc) is 2.76. The lowest BCUT2D eigenvalue weighted by Gasteiger charge is -2.34. The van der Waals surface area contributed by atoms with Crippen molar-refractivity contribution in [1.29, 1.82) is 0 Å². The standard InChI is InChI=1S/2C13H23NO4/c2*1-13(2,3)18-12(17)14(4)10-7-5-9(6-8-10)11(15)16/h2*9-10H,5-8H2,1-4H3,(H,15,16). The number of amides is 2. The lowest BCUT2D eigenvalue weighted by Crippen LogP contribution is -2.43. The highest BCUT2D eigenvalue weighted by Crippen LogP contribution is 2.29. The first-order valence-electron chi connectivity index (χ1n) is 12.8. The van der Waals surface area contributed by atoms with Crippen molar-refractivity contribution in [1.82, 2.24) is 9.80 Å². The molecule has 208 valence electrons. The van der Waals surface area contributed by atoms with Crippen LogP contribution in [0, 0.1) is 11.8 Å². The van der Waals surface area contributed by atoms with Crippen LogP contribution in [-0.2, 0) is 19.1 Å². The molecule has 0 radical (unpaired) electrons. The van der Waals surface area contributed by atoms with Crippen molar-refractivity contribution in [2.24, 2.45) is 11.8 Å². The number of ether oxygens (including phenoxy) is 2. The average molecular weight is 515 g/mol. The molecule has 0 aliphatic heterocycles. The van der Waals surface area contributed by atoms with Crippen LogP contribution < -0.4 is 0 Å². The highest BCUT2D eigenvalue weighted by atomic mass is 16.6. The van der Waals surface area contributed by atoms with Crippen molar-refractivity contribution in [2.45, 2.75) is 116 Å². The summed E-state index contributed by atoms with van der Waals surface area (Å²) in [5, 5.41) is 17.8. The van der Waals surface area contributed by atoms with E-state index in [0.29, 0.717) is 25.7 Å². The van der Waals surface area contributed by atoms with Crippen LogP contribution in [0.4, 0.5) is 9.59 Å². The second-order valence-electron chi connectivity index (χ2n) is 11.9. The van der Waals surface area contributed by atoms with Gasteiger partial charge in [0.25, 0.3) is 0 Å². The number of nitrogens with zero attached hydrogens (tertiary/aromatic N) is 2. The fourth-order valence-electron chi connectivity index (χ4n) is 4.39. The minimum absolute atomic E-state index is 0.0930. The molecule has 0 bridgehead atoms. The maximum Gasteiger partial charge on any atom is 0.410 e. The maximum absolute atomic E-state index is 11.9. The summed E-state index contributed by atoms with van der Waals surface area (Å²) in [5.74, 6) is -1.97. The third-order valence-electron chi connectivity index (χ3n) is 6.55. The molecule has 2 aliphatic rings. The lowest BCUT2D eigenvalue weighted by atomic mass is 9.85. The van der Waals surface area contributed by atoms with Crippen molar-refractivity contribution in [3.63, 3.8) is 0 Å². The summed E-state index contributed by atoms with van der Waals surface area (Å²) < 4.78 is 10.6. The van der Waals surface area contributed by atoms with Gasteiger partial charge in [0.2, 0.25) is 0 Å². The number of hydrogen-bond donors (Lipinski definition) is 2. The Labute approximate surface area is 215 Å². The first-order valence-corrected chi connectivity index (χ1v) is 12.8. The van der Waals surface area contributed by atoms with E-state index in [-0.39, 0.29) is 36.1 Å². The molecule has 2 aliphatic carbocycles. The topological polar surface area (TPSA) is 134 Å². The molecule has 0 saturated heterocycles. The van der Waals surface area contributed by atoms with Crippen LogP contribution in [0.25, 0.3) is 0 Å². The lowest BCUT2D eigenvalue weighted by molar-refractivity contribution is -0.144. The summed E-state index contributed by atoms with van der Waals surface area (Å²) in [5.41, 5.74) is -0.993. The van der Waals surface area contributed by atoms with E-state index in [1.165, 1.54) is 0 Å². The third-order valence-corrected chi connectivity index (χ3v) is 6.55. The van der Waals surface area contributed by atoms with E-state index in [1.54, 1.807) is 23.9 Å². The van der Waals surface area contributed by atoms with Gasteiger partial charge in [0.05, 0.1) is 11.8 Å². The molecule has 2 saturated carbocycles. The van der Waals surface area contributed by atoms with E-state index in [1.807, 2.05) is 41.5 Å². The van der Waals surface area contributed by atoms with Crippen LogP contribution in [-0.4, -0.2) is 81.5 Å². The zero-order valence-electron chi connectivity index (χ0n) is 23.2. The van der Waals surface area contributed by atoms with Gasteiger partial charge in [-0.3, -0.25) is 9.59 Å². The molecule has 10 nitrogen and oxygen atoms in total. The molecule has 2 N–H and O–H groups in total. The zero-order chi connectivity index (χ0) is 27.8. The van der Waals surface area contributed by atoms with Gasteiger partial charge >= 0.3 is 24.1 Å². The molecule has 2 rings (SSSR count). The van der Waals surface area contributed by atoms with Gasteiger partial charge in [-0.2, -0.15) is 0 Å². The Morgan fingerprint density at radius 1 is 0.583 bits per heavy atom. The van der Waals surface area contributed by atoms with Crippen LogP contribution in [0.3, 0.4) is 0 Å². The number of carboxylic acid groups (broad SMARTS) is 2. The Morgan fingerprint density at radius 2 is 0.833 bits per heavy atom. The summed E-state index contributed by atoms with van der Waals surface area (Å²) in [4.78, 5) is 48.6. The monoisotopic (exact) mass is 514 g/mol. The summed E-state index contributed by atoms with van der Waals surface area (Å²) in [6.07, 6.45) is 4.78. The summed E-state index contributed by atoms with van der Waals surface area (Å²) >= 11 is 0. The minimum atomic E-state index is -0.728. The summed E-state index contributed by atoms with van der Waals surface area (Å²) in [7, 11) is 3.44. The van der Waals surface area contributed by atoms with Crippen LogP contribution in [0.15, 0.2) is 0 Å². The van der Waals surface area contributed by atoms with E-state index in [4.69, 9.17) is 19.7 Å². The molecular formula is C26H46N2O8. The van der Waals surface area contributed by atoms with E-state index in [2.05, 4.69) is 0 Å². The molecule has 10 heteroatoms. The highest BCUT2D eigenvalue weighted by Gasteiger charge is 2.32. The SMILES string of the molecule is CN(C(=O)OC(C)(C)C)C1CCC(C(=O)O)CC1.CN(C(=O)OC(C)(C)C)C1CCC(C(=O)O)CC1. The molecule has 0 unspecified atom stereocenters. The van der Waals surface area contributed by atoms with Gasteiger partial charge in [0.1, 0.15) is 11.2 Å². The van der Waals surface area contributed by atoms with Crippen molar-refractivity contribution in [3.05, 3.63) is 0 Å². The summed E-state index contributed by atoms with van der Waals surface area (Å²) in [6.45, 7) is 11.0. The number of carboxylic acids is 2. The Kier molecular flexibility index (Phi) is 11.5. The first kappa shape index (κ1) is 31.5. The van der Waals surface area contributed by atoms with Gasteiger partial charge in [-0.25, -0.2) is 9.59 Å². The Balaban J connectivity index is 0.000000360. The van der Waals surface area contributed by atoms with Gasteiger partial charge in [-0.05, 0) is 92.9 Å². The number of carbonyl (C=O) groups excluding carboxylic acids is 2. The molecule has 0 aromatic rings. The van der Waals surface area contributed by atoms with E-state index >= 15 is 0 Å². The first-order chi connectivity index (χ1) is 16.4. The number of rotatable bonds is 4. The molecule has 0 aromatic carbocycles. The van der Waals surface area contributed by atoms with Gasteiger partial charge < -0.3 is 29.5 Å². The minimum Gasteiger partial charge on any atom is -0.481 e. The number of hydrogen-bond acceptors (Lipinski definition) is 6. The zero-order valence-corrected chi connectivity index (χ0v) is 23.2. The number of carbonyl (C=O) groups is 4. The molecule has 0 spiro atoms. The fraction of sp³-hybridized carbons (Fsp3) is 0.846. The normalized spacial score (nSPS) is 24.4. The van der Waals surface area contributed by atoms with Gasteiger partial charge in [-0.1, -0.05) is 0 Å². The molecule has 36 heavy (non-hydrogen) atoms. The van der Waals surface area contributed by atoms with Crippen LogP contribution in [0.5, 0.6) is 0 Å². The van der Waals surface area contributed by atoms with Crippen molar-refractivity contribution in [2.75, 3.05) is 14.1 Å². The molecule has 2 amide bonds. The second kappa shape index (κ2) is 13.1. The largest absolute Gasteiger partial charge is 0.481 e. The quantitative estimate of drug-likeness (QED) is 0.536. The third kappa shape index (κ3) is 11.0. The molecule has 0 heterocycles. The fourth-order valence-corrected chi connectivity index (χ4v) is 4.39. The smallest absolute Gasteiger partial charge is 0.410 e. The van der Waals surface area contributed by atoms with Crippen LogP contribution in [0.1, 0.15) is 92.9 Å². The highest BCUT2D eigenvalue weighted by molar-refractivity contribution is 5.71. The number of aliphatic carboxylic acids is 2. The predicted octanol–water partition coefficient (Wildman–Crippen LogP) is 4.99. The van der Waals surface area contributed by atoms with Crippen molar-refractivity contribution >= 4 is 24.1 Å². The Morgan fingerprint density at radius 3 is 1.03 bits per heavy atom. The van der Waals surface area contributed by atoms with E-state index < -0.39 is 23.1 Å². The van der Waals surface area contributed by atoms with Gasteiger partial charge in [0.15, 0.2) is 0 Å². The predicted molar refractivity (Wildman–Crippen MR) is 135 cm³/mol. The van der Waals surface area contributed by atoms with E-state index in [9.17, 15) is 19.2 Å². The summed E-state index contributed by atoms with van der Waals surface area (Å²) in [6, 6.07) is 0.186. The van der Waals surface area contributed by atoms with E-state index in [0.717, 1.165) is 25.7 Å². The molecular weight excluding hydrogens is 468 g/mol. The Bertz CT molecular complexity index is 691.